The molecule has 1 aliphatic heterocycles. The molecule has 33 heavy (non-hydrogen) atoms. The van der Waals surface area contributed by atoms with Crippen LogP contribution in [0.15, 0.2) is 59.4 Å². The minimum absolute atomic E-state index is 0.00840. The van der Waals surface area contributed by atoms with Crippen LogP contribution in [0.4, 0.5) is 5.69 Å². The van der Waals surface area contributed by atoms with Gasteiger partial charge in [-0.1, -0.05) is 36.4 Å². The molecule has 0 saturated carbocycles. The fourth-order valence-corrected chi connectivity index (χ4v) is 4.14. The van der Waals surface area contributed by atoms with Crippen LogP contribution in [0.2, 0.25) is 0 Å². The summed E-state index contributed by atoms with van der Waals surface area (Å²) in [6, 6.07) is 16.3. The van der Waals surface area contributed by atoms with E-state index in [0.717, 1.165) is 18.5 Å². The third-order valence-corrected chi connectivity index (χ3v) is 5.88. The fraction of sp³-hybridized carbons (Fsp3) is 0.360. The van der Waals surface area contributed by atoms with Crippen molar-refractivity contribution in [3.05, 3.63) is 70.6 Å². The van der Waals surface area contributed by atoms with E-state index in [1.54, 1.807) is 24.3 Å². The van der Waals surface area contributed by atoms with Crippen molar-refractivity contribution in [2.75, 3.05) is 25.0 Å². The minimum Gasteiger partial charge on any atom is -0.348 e. The summed E-state index contributed by atoms with van der Waals surface area (Å²) in [7, 11) is 0. The van der Waals surface area contributed by atoms with Crippen LogP contribution >= 0.6 is 0 Å². The highest BCUT2D eigenvalue weighted by Crippen LogP contribution is 2.17. The molecule has 2 heterocycles. The molecular weight excluding hydrogens is 418 g/mol. The van der Waals surface area contributed by atoms with Gasteiger partial charge in [0.1, 0.15) is 0 Å². The number of piperidine rings is 1. The average Bonchev–Trinajstić information content (AvgIpc) is 2.81. The summed E-state index contributed by atoms with van der Waals surface area (Å²) >= 11 is 0. The van der Waals surface area contributed by atoms with Crippen molar-refractivity contribution in [3.63, 3.8) is 0 Å². The van der Waals surface area contributed by atoms with Crippen molar-refractivity contribution < 1.29 is 9.59 Å². The lowest BCUT2D eigenvalue weighted by atomic mass is 10.0. The molecule has 0 aliphatic carbocycles. The van der Waals surface area contributed by atoms with E-state index < -0.39 is 0 Å². The van der Waals surface area contributed by atoms with Gasteiger partial charge in [-0.05, 0) is 44.9 Å². The van der Waals surface area contributed by atoms with Crippen molar-refractivity contribution in [2.24, 2.45) is 0 Å². The molecule has 2 amide bonds. The second kappa shape index (κ2) is 9.95. The minimum atomic E-state index is -0.277. The maximum atomic E-state index is 13.1. The number of benzene rings is 2. The predicted octanol–water partition coefficient (Wildman–Crippen LogP) is 2.81. The molecule has 3 aromatic rings. The van der Waals surface area contributed by atoms with Crippen LogP contribution in [0.3, 0.4) is 0 Å². The summed E-state index contributed by atoms with van der Waals surface area (Å²) in [5.74, 6) is -0.323. The Balaban J connectivity index is 1.38. The average molecular weight is 448 g/mol. The van der Waals surface area contributed by atoms with Crippen LogP contribution in [0.5, 0.6) is 0 Å². The lowest BCUT2D eigenvalue weighted by Gasteiger charge is -2.31. The van der Waals surface area contributed by atoms with Crippen molar-refractivity contribution in [3.8, 4) is 0 Å². The molecule has 8 nitrogen and oxygen atoms in total. The number of nitrogens with one attached hydrogen (secondary N) is 2. The zero-order valence-electron chi connectivity index (χ0n) is 19.0. The third kappa shape index (κ3) is 5.28. The van der Waals surface area contributed by atoms with Crippen LogP contribution < -0.4 is 16.2 Å². The zero-order chi connectivity index (χ0) is 23.4. The Labute approximate surface area is 192 Å². The molecular formula is C25H29N5O3. The third-order valence-electron chi connectivity index (χ3n) is 5.88. The van der Waals surface area contributed by atoms with Crippen LogP contribution in [0.25, 0.3) is 10.8 Å². The largest absolute Gasteiger partial charge is 0.348 e. The smallest absolute Gasteiger partial charge is 0.274 e. The van der Waals surface area contributed by atoms with E-state index in [1.807, 2.05) is 44.2 Å². The number of para-hydroxylation sites is 1. The van der Waals surface area contributed by atoms with Crippen LogP contribution in [-0.4, -0.2) is 52.2 Å². The molecule has 1 aliphatic rings. The molecule has 0 unspecified atom stereocenters. The number of carbonyl (C=O) groups excluding carboxylic acids is 2. The summed E-state index contributed by atoms with van der Waals surface area (Å²) < 4.78 is 1.37. The lowest BCUT2D eigenvalue weighted by Crippen LogP contribution is -2.47. The first-order valence-corrected chi connectivity index (χ1v) is 11.3. The monoisotopic (exact) mass is 447 g/mol. The van der Waals surface area contributed by atoms with Crippen LogP contribution in [0, 0.1) is 0 Å². The van der Waals surface area contributed by atoms with Crippen molar-refractivity contribution in [1.29, 1.82) is 0 Å². The standard InChI is InChI=1S/C25H29N5O3/c1-17(2)30-25(33)21-11-7-6-10-20(21)23(28-30)24(32)27-19-12-14-29(15-13-19)16-22(31)26-18-8-4-3-5-9-18/h3-11,17,19H,12-16H2,1-2H3,(H,26,31)(H,27,32). The number of amides is 2. The number of nitrogens with zero attached hydrogens (tertiary/aromatic N) is 3. The number of hydrogen-bond donors (Lipinski definition) is 2. The van der Waals surface area contributed by atoms with Gasteiger partial charge in [-0.3, -0.25) is 19.3 Å². The van der Waals surface area contributed by atoms with E-state index >= 15 is 0 Å². The van der Waals surface area contributed by atoms with Gasteiger partial charge < -0.3 is 10.6 Å². The summed E-state index contributed by atoms with van der Waals surface area (Å²) in [6.07, 6.45) is 1.48. The summed E-state index contributed by atoms with van der Waals surface area (Å²) in [5.41, 5.74) is 0.856. The van der Waals surface area contributed by atoms with E-state index in [-0.39, 0.29) is 35.2 Å². The van der Waals surface area contributed by atoms with E-state index in [4.69, 9.17) is 0 Å². The summed E-state index contributed by atoms with van der Waals surface area (Å²) in [6.45, 7) is 5.49. The highest BCUT2D eigenvalue weighted by atomic mass is 16.2. The molecule has 172 valence electrons. The molecule has 2 N–H and O–H groups in total. The lowest BCUT2D eigenvalue weighted by molar-refractivity contribution is -0.117. The van der Waals surface area contributed by atoms with Gasteiger partial charge in [-0.2, -0.15) is 5.10 Å². The van der Waals surface area contributed by atoms with Gasteiger partial charge >= 0.3 is 0 Å². The normalized spacial score (nSPS) is 15.0. The molecule has 1 aromatic heterocycles. The Morgan fingerprint density at radius 2 is 1.64 bits per heavy atom. The van der Waals surface area contributed by atoms with Crippen molar-refractivity contribution in [2.45, 2.75) is 38.8 Å². The number of carbonyl (C=O) groups is 2. The number of fused-ring (bicyclic) bond motifs is 1. The first-order chi connectivity index (χ1) is 15.9. The van der Waals surface area contributed by atoms with Crippen molar-refractivity contribution >= 4 is 28.3 Å². The second-order valence-corrected chi connectivity index (χ2v) is 8.68. The Bertz CT molecular complexity index is 1200. The fourth-order valence-electron chi connectivity index (χ4n) is 4.14. The second-order valence-electron chi connectivity index (χ2n) is 8.68. The number of likely N-dealkylation sites (tertiary alicyclic amines) is 1. The molecule has 2 aromatic carbocycles. The number of rotatable bonds is 6. The number of aromatic nitrogens is 2. The van der Waals surface area contributed by atoms with Gasteiger partial charge in [-0.25, -0.2) is 4.68 Å². The first kappa shape index (κ1) is 22.7. The van der Waals surface area contributed by atoms with Gasteiger partial charge in [-0.15, -0.1) is 0 Å². The van der Waals surface area contributed by atoms with E-state index in [0.29, 0.717) is 30.4 Å². The summed E-state index contributed by atoms with van der Waals surface area (Å²) in [5, 5.41) is 11.4. The molecule has 0 radical (unpaired) electrons. The Morgan fingerprint density at radius 1 is 1.00 bits per heavy atom. The van der Waals surface area contributed by atoms with Gasteiger partial charge in [0.05, 0.1) is 18.0 Å². The Morgan fingerprint density at radius 3 is 2.30 bits per heavy atom. The molecule has 8 heteroatoms. The quantitative estimate of drug-likeness (QED) is 0.606. The van der Waals surface area contributed by atoms with E-state index in [9.17, 15) is 14.4 Å². The molecule has 0 spiro atoms. The first-order valence-electron chi connectivity index (χ1n) is 11.3. The number of hydrogen-bond acceptors (Lipinski definition) is 5. The predicted molar refractivity (Wildman–Crippen MR) is 128 cm³/mol. The maximum absolute atomic E-state index is 13.1. The Kier molecular flexibility index (Phi) is 6.84. The van der Waals surface area contributed by atoms with Crippen molar-refractivity contribution in [1.82, 2.24) is 20.0 Å². The molecule has 0 bridgehead atoms. The Hall–Kier alpha value is -3.52. The molecule has 1 fully saturated rings. The SMILES string of the molecule is CC(C)n1nc(C(=O)NC2CCN(CC(=O)Nc3ccccc3)CC2)c2ccccc2c1=O. The van der Waals surface area contributed by atoms with Gasteiger partial charge in [0.2, 0.25) is 5.91 Å². The van der Waals surface area contributed by atoms with Gasteiger partial charge in [0.25, 0.3) is 11.5 Å². The van der Waals surface area contributed by atoms with E-state index in [2.05, 4.69) is 20.6 Å². The maximum Gasteiger partial charge on any atom is 0.274 e. The van der Waals surface area contributed by atoms with Gasteiger partial charge in [0.15, 0.2) is 5.69 Å². The highest BCUT2D eigenvalue weighted by molar-refractivity contribution is 6.04. The highest BCUT2D eigenvalue weighted by Gasteiger charge is 2.25. The summed E-state index contributed by atoms with van der Waals surface area (Å²) in [4.78, 5) is 40.2. The van der Waals surface area contributed by atoms with Gasteiger partial charge in [0, 0.05) is 30.2 Å². The molecule has 0 atom stereocenters. The molecule has 4 rings (SSSR count). The van der Waals surface area contributed by atoms with Crippen LogP contribution in [-0.2, 0) is 4.79 Å². The van der Waals surface area contributed by atoms with E-state index in [1.165, 1.54) is 4.68 Å². The van der Waals surface area contributed by atoms with Crippen LogP contribution in [0.1, 0.15) is 43.2 Å². The topological polar surface area (TPSA) is 96.3 Å². The molecule has 1 saturated heterocycles. The zero-order valence-corrected chi connectivity index (χ0v) is 19.0. The number of anilines is 1.